The summed E-state index contributed by atoms with van der Waals surface area (Å²) in [6, 6.07) is 14.6. The predicted molar refractivity (Wildman–Crippen MR) is 142 cm³/mol. The van der Waals surface area contributed by atoms with E-state index < -0.39 is 0 Å². The number of halogens is 1. The normalized spacial score (nSPS) is 14.0. The molecule has 1 aromatic heterocycles. The molecule has 2 heterocycles. The molecule has 0 radical (unpaired) electrons. The van der Waals surface area contributed by atoms with E-state index in [1.54, 1.807) is 7.05 Å². The number of hydrogen-bond acceptors (Lipinski definition) is 4. The van der Waals surface area contributed by atoms with E-state index in [1.807, 2.05) is 36.3 Å². The summed E-state index contributed by atoms with van der Waals surface area (Å²) < 4.78 is 0. The van der Waals surface area contributed by atoms with Gasteiger partial charge in [-0.25, -0.2) is 4.98 Å². The summed E-state index contributed by atoms with van der Waals surface area (Å²) in [5.41, 5.74) is 2.58. The number of nitrogens with one attached hydrogen (secondary N) is 1. The van der Waals surface area contributed by atoms with Crippen LogP contribution in [0.1, 0.15) is 24.5 Å². The molecule has 0 aliphatic carbocycles. The van der Waals surface area contributed by atoms with E-state index in [0.717, 1.165) is 50.9 Å². The van der Waals surface area contributed by atoms with Gasteiger partial charge in [0.2, 0.25) is 5.91 Å². The minimum Gasteiger partial charge on any atom is -0.356 e. The number of amides is 1. The molecule has 0 spiro atoms. The Kier molecular flexibility index (Phi) is 10.7. The first-order chi connectivity index (χ1) is 15.1. The van der Waals surface area contributed by atoms with E-state index in [4.69, 9.17) is 0 Å². The maximum Gasteiger partial charge on any atom is 0.224 e. The quantitative estimate of drug-likeness (QED) is 0.327. The van der Waals surface area contributed by atoms with Crippen molar-refractivity contribution < 1.29 is 4.79 Å². The molecular formula is C24H35IN6O. The van der Waals surface area contributed by atoms with Crippen molar-refractivity contribution in [1.29, 1.82) is 0 Å². The van der Waals surface area contributed by atoms with Crippen LogP contribution in [-0.4, -0.2) is 73.5 Å². The van der Waals surface area contributed by atoms with Gasteiger partial charge in [0.05, 0.1) is 0 Å². The zero-order valence-corrected chi connectivity index (χ0v) is 21.7. The molecule has 1 aliphatic heterocycles. The first-order valence-corrected chi connectivity index (χ1v) is 11.0. The van der Waals surface area contributed by atoms with Crippen molar-refractivity contribution in [2.24, 2.45) is 4.99 Å². The molecular weight excluding hydrogens is 515 g/mol. The van der Waals surface area contributed by atoms with Crippen LogP contribution in [0.25, 0.3) is 0 Å². The Morgan fingerprint density at radius 2 is 1.78 bits per heavy atom. The first-order valence-electron chi connectivity index (χ1n) is 11.0. The predicted octanol–water partition coefficient (Wildman–Crippen LogP) is 3.01. The molecule has 1 N–H and O–H groups in total. The van der Waals surface area contributed by atoms with Gasteiger partial charge >= 0.3 is 0 Å². The topological polar surface area (TPSA) is 64.1 Å². The van der Waals surface area contributed by atoms with Crippen LogP contribution in [0.4, 0.5) is 5.82 Å². The second-order valence-corrected chi connectivity index (χ2v) is 7.81. The summed E-state index contributed by atoms with van der Waals surface area (Å²) in [6.07, 6.45) is 3.32. The third-order valence-corrected chi connectivity index (χ3v) is 5.65. The standard InChI is InChI=1S/C24H34N6O.HI/c1-4-20-8-10-21(11-9-20)19-28(3)24(25-2)27-14-12-23(31)30-17-15-29(16-18-30)22-7-5-6-13-26-22;/h5-11,13H,4,12,14-19H2,1-3H3,(H,25,27);1H. The molecule has 0 saturated carbocycles. The molecule has 1 fully saturated rings. The fourth-order valence-electron chi connectivity index (χ4n) is 3.78. The SMILES string of the molecule is CCc1ccc(CN(C)C(=NC)NCCC(=O)N2CCN(c3ccccn3)CC2)cc1.I. The average Bonchev–Trinajstić information content (AvgIpc) is 2.82. The van der Waals surface area contributed by atoms with Gasteiger partial charge in [-0.15, -0.1) is 24.0 Å². The zero-order chi connectivity index (χ0) is 22.1. The Bertz CT molecular complexity index is 851. The minimum atomic E-state index is 0. The van der Waals surface area contributed by atoms with Gasteiger partial charge in [-0.05, 0) is 29.7 Å². The van der Waals surface area contributed by atoms with E-state index in [2.05, 4.69) is 56.3 Å². The van der Waals surface area contributed by atoms with Gasteiger partial charge in [-0.2, -0.15) is 0 Å². The zero-order valence-electron chi connectivity index (χ0n) is 19.3. The van der Waals surface area contributed by atoms with Crippen LogP contribution < -0.4 is 10.2 Å². The molecule has 3 rings (SSSR count). The minimum absolute atomic E-state index is 0. The molecule has 1 amide bonds. The summed E-state index contributed by atoms with van der Waals surface area (Å²) in [4.78, 5) is 27.7. The lowest BCUT2D eigenvalue weighted by Gasteiger charge is -2.35. The molecule has 1 saturated heterocycles. The maximum absolute atomic E-state index is 12.6. The van der Waals surface area contributed by atoms with E-state index in [1.165, 1.54) is 11.1 Å². The number of nitrogens with zero attached hydrogens (tertiary/aromatic N) is 5. The first kappa shape index (κ1) is 25.9. The number of benzene rings is 1. The number of piperazine rings is 1. The highest BCUT2D eigenvalue weighted by molar-refractivity contribution is 14.0. The summed E-state index contributed by atoms with van der Waals surface area (Å²) >= 11 is 0. The van der Waals surface area contributed by atoms with Crippen molar-refractivity contribution in [3.63, 3.8) is 0 Å². The Hall–Kier alpha value is -2.36. The van der Waals surface area contributed by atoms with Crippen LogP contribution in [0.2, 0.25) is 0 Å². The number of aromatic nitrogens is 1. The van der Waals surface area contributed by atoms with Crippen molar-refractivity contribution in [1.82, 2.24) is 20.1 Å². The van der Waals surface area contributed by atoms with Crippen LogP contribution in [-0.2, 0) is 17.8 Å². The van der Waals surface area contributed by atoms with Crippen molar-refractivity contribution in [3.8, 4) is 0 Å². The molecule has 32 heavy (non-hydrogen) atoms. The third-order valence-electron chi connectivity index (χ3n) is 5.65. The summed E-state index contributed by atoms with van der Waals surface area (Å²) in [5.74, 6) is 1.96. The van der Waals surface area contributed by atoms with Crippen LogP contribution in [0.5, 0.6) is 0 Å². The van der Waals surface area contributed by atoms with Gasteiger partial charge in [-0.1, -0.05) is 37.3 Å². The van der Waals surface area contributed by atoms with E-state index in [-0.39, 0.29) is 29.9 Å². The molecule has 174 valence electrons. The Morgan fingerprint density at radius 3 is 2.38 bits per heavy atom. The molecule has 2 aromatic rings. The fourth-order valence-corrected chi connectivity index (χ4v) is 3.78. The molecule has 0 atom stereocenters. The summed E-state index contributed by atoms with van der Waals surface area (Å²) in [6.45, 7) is 6.61. The van der Waals surface area contributed by atoms with E-state index in [0.29, 0.717) is 13.0 Å². The van der Waals surface area contributed by atoms with Crippen LogP contribution in [0.3, 0.4) is 0 Å². The maximum atomic E-state index is 12.6. The number of carbonyl (C=O) groups excluding carboxylic acids is 1. The Labute approximate surface area is 208 Å². The highest BCUT2D eigenvalue weighted by Gasteiger charge is 2.21. The monoisotopic (exact) mass is 550 g/mol. The second kappa shape index (κ2) is 13.2. The van der Waals surface area contributed by atoms with Crippen molar-refractivity contribution >= 4 is 41.7 Å². The highest BCUT2D eigenvalue weighted by Crippen LogP contribution is 2.13. The number of guanidine groups is 1. The Morgan fingerprint density at radius 1 is 1.09 bits per heavy atom. The molecule has 1 aromatic carbocycles. The average molecular weight is 550 g/mol. The van der Waals surface area contributed by atoms with Crippen molar-refractivity contribution in [3.05, 3.63) is 59.8 Å². The highest BCUT2D eigenvalue weighted by atomic mass is 127. The van der Waals surface area contributed by atoms with E-state index >= 15 is 0 Å². The van der Waals surface area contributed by atoms with Crippen molar-refractivity contribution in [2.75, 3.05) is 51.7 Å². The van der Waals surface area contributed by atoms with Crippen LogP contribution in [0.15, 0.2) is 53.7 Å². The van der Waals surface area contributed by atoms with Gasteiger partial charge in [0.25, 0.3) is 0 Å². The van der Waals surface area contributed by atoms with Gasteiger partial charge in [0.1, 0.15) is 5.82 Å². The fraction of sp³-hybridized carbons (Fsp3) is 0.458. The molecule has 0 bridgehead atoms. The Balaban J connectivity index is 0.00000363. The van der Waals surface area contributed by atoms with Gasteiger partial charge in [0, 0.05) is 66.0 Å². The smallest absolute Gasteiger partial charge is 0.224 e. The number of rotatable bonds is 7. The summed E-state index contributed by atoms with van der Waals surface area (Å²) in [5, 5.41) is 3.32. The van der Waals surface area contributed by atoms with E-state index in [9.17, 15) is 4.79 Å². The lowest BCUT2D eigenvalue weighted by Crippen LogP contribution is -2.49. The molecule has 1 aliphatic rings. The molecule has 8 heteroatoms. The lowest BCUT2D eigenvalue weighted by atomic mass is 10.1. The van der Waals surface area contributed by atoms with Gasteiger partial charge in [-0.3, -0.25) is 9.79 Å². The molecule has 0 unspecified atom stereocenters. The van der Waals surface area contributed by atoms with Gasteiger partial charge < -0.3 is 20.0 Å². The van der Waals surface area contributed by atoms with Gasteiger partial charge in [0.15, 0.2) is 5.96 Å². The molecule has 7 nitrogen and oxygen atoms in total. The van der Waals surface area contributed by atoms with Crippen molar-refractivity contribution in [2.45, 2.75) is 26.3 Å². The number of anilines is 1. The summed E-state index contributed by atoms with van der Waals surface area (Å²) in [7, 11) is 3.79. The van der Waals surface area contributed by atoms with Crippen LogP contribution >= 0.6 is 24.0 Å². The van der Waals surface area contributed by atoms with Crippen LogP contribution in [0, 0.1) is 0 Å². The number of aryl methyl sites for hydroxylation is 1. The largest absolute Gasteiger partial charge is 0.356 e. The number of hydrogen-bond donors (Lipinski definition) is 1. The number of pyridine rings is 1. The number of aliphatic imine (C=N–C) groups is 1. The third kappa shape index (κ3) is 7.36. The number of carbonyl (C=O) groups is 1. The second-order valence-electron chi connectivity index (χ2n) is 7.81. The lowest BCUT2D eigenvalue weighted by molar-refractivity contribution is -0.131.